The maximum Gasteiger partial charge on any atom is 0.244 e. The highest BCUT2D eigenvalue weighted by molar-refractivity contribution is 5.85. The second-order valence-corrected chi connectivity index (χ2v) is 5.30. The molecule has 1 atom stereocenters. The molecule has 4 heteroatoms. The summed E-state index contributed by atoms with van der Waals surface area (Å²) in [7, 11) is 1.88. The number of hydrogen-bond acceptors (Lipinski definition) is 3. The molecule has 0 spiro atoms. The van der Waals surface area contributed by atoms with E-state index in [0.717, 1.165) is 31.6 Å². The van der Waals surface area contributed by atoms with Gasteiger partial charge >= 0.3 is 0 Å². The third kappa shape index (κ3) is 2.93. The third-order valence-corrected chi connectivity index (χ3v) is 4.01. The lowest BCUT2D eigenvalue weighted by Crippen LogP contribution is -2.47. The molecule has 1 aliphatic heterocycles. The number of nitriles is 1. The number of rotatable bonds is 3. The van der Waals surface area contributed by atoms with Gasteiger partial charge in [0.25, 0.3) is 0 Å². The molecular formula is C16H21N3O. The van der Waals surface area contributed by atoms with E-state index in [9.17, 15) is 4.79 Å². The summed E-state index contributed by atoms with van der Waals surface area (Å²) >= 11 is 0. The first-order valence-electron chi connectivity index (χ1n) is 7.16. The Morgan fingerprint density at radius 2 is 1.95 bits per heavy atom. The molecule has 1 aromatic rings. The minimum Gasteiger partial charge on any atom is -0.362 e. The number of para-hydroxylation sites is 1. The van der Waals surface area contributed by atoms with E-state index >= 15 is 0 Å². The molecule has 20 heavy (non-hydrogen) atoms. The van der Waals surface area contributed by atoms with Crippen molar-refractivity contribution in [3.05, 3.63) is 29.8 Å². The van der Waals surface area contributed by atoms with Crippen molar-refractivity contribution in [1.29, 1.82) is 5.26 Å². The molecule has 4 nitrogen and oxygen atoms in total. The molecule has 1 saturated heterocycles. The summed E-state index contributed by atoms with van der Waals surface area (Å²) in [6.45, 7) is 3.62. The van der Waals surface area contributed by atoms with Crippen LogP contribution < -0.4 is 4.90 Å². The first kappa shape index (κ1) is 14.4. The number of amides is 1. The molecule has 0 bridgehead atoms. The van der Waals surface area contributed by atoms with E-state index < -0.39 is 0 Å². The summed E-state index contributed by atoms with van der Waals surface area (Å²) in [5, 5.41) is 9.16. The van der Waals surface area contributed by atoms with Crippen LogP contribution in [-0.2, 0) is 4.79 Å². The van der Waals surface area contributed by atoms with Gasteiger partial charge in [0.15, 0.2) is 0 Å². The standard InChI is InChI=1S/C16H21N3O/c1-13(16(20)19-10-6-3-7-11-19)18(2)15-9-5-4-8-14(15)12-17/h4-5,8-9,13H,3,6-7,10-11H2,1-2H3. The average molecular weight is 271 g/mol. The predicted molar refractivity (Wildman–Crippen MR) is 79.5 cm³/mol. The summed E-state index contributed by atoms with van der Waals surface area (Å²) in [4.78, 5) is 16.4. The fraction of sp³-hybridized carbons (Fsp3) is 0.500. The Kier molecular flexibility index (Phi) is 4.62. The Bertz CT molecular complexity index is 515. The largest absolute Gasteiger partial charge is 0.362 e. The Labute approximate surface area is 120 Å². The first-order chi connectivity index (χ1) is 9.65. The van der Waals surface area contributed by atoms with Crippen molar-refractivity contribution < 1.29 is 4.79 Å². The molecule has 1 amide bonds. The zero-order chi connectivity index (χ0) is 14.5. The summed E-state index contributed by atoms with van der Waals surface area (Å²) in [5.41, 5.74) is 1.42. The Balaban J connectivity index is 2.13. The molecule has 1 heterocycles. The second kappa shape index (κ2) is 6.42. The van der Waals surface area contributed by atoms with Gasteiger partial charge in [0.1, 0.15) is 12.1 Å². The van der Waals surface area contributed by atoms with Crippen molar-refractivity contribution >= 4 is 11.6 Å². The molecule has 0 radical (unpaired) electrons. The number of benzene rings is 1. The van der Waals surface area contributed by atoms with E-state index in [1.807, 2.05) is 42.0 Å². The van der Waals surface area contributed by atoms with Gasteiger partial charge in [-0.3, -0.25) is 4.79 Å². The van der Waals surface area contributed by atoms with Gasteiger partial charge < -0.3 is 9.80 Å². The third-order valence-electron chi connectivity index (χ3n) is 4.01. The highest BCUT2D eigenvalue weighted by atomic mass is 16.2. The number of nitrogens with zero attached hydrogens (tertiary/aromatic N) is 3. The summed E-state index contributed by atoms with van der Waals surface area (Å²) in [6.07, 6.45) is 3.40. The van der Waals surface area contributed by atoms with Crippen molar-refractivity contribution in [2.75, 3.05) is 25.0 Å². The highest BCUT2D eigenvalue weighted by Crippen LogP contribution is 2.21. The van der Waals surface area contributed by atoms with Crippen LogP contribution in [0.1, 0.15) is 31.7 Å². The number of carbonyl (C=O) groups is 1. The first-order valence-corrected chi connectivity index (χ1v) is 7.16. The van der Waals surface area contributed by atoms with E-state index in [0.29, 0.717) is 5.56 Å². The molecule has 1 fully saturated rings. The van der Waals surface area contributed by atoms with Crippen LogP contribution in [0.25, 0.3) is 0 Å². The van der Waals surface area contributed by atoms with Crippen molar-refractivity contribution in [1.82, 2.24) is 4.90 Å². The molecule has 0 aromatic heterocycles. The lowest BCUT2D eigenvalue weighted by atomic mass is 10.1. The van der Waals surface area contributed by atoms with Crippen LogP contribution in [0, 0.1) is 11.3 Å². The number of likely N-dealkylation sites (N-methyl/N-ethyl adjacent to an activating group) is 1. The molecule has 0 saturated carbocycles. The smallest absolute Gasteiger partial charge is 0.244 e. The summed E-state index contributed by atoms with van der Waals surface area (Å²) < 4.78 is 0. The van der Waals surface area contributed by atoms with Crippen LogP contribution in [-0.4, -0.2) is 37.0 Å². The van der Waals surface area contributed by atoms with Crippen molar-refractivity contribution in [3.8, 4) is 6.07 Å². The molecule has 2 rings (SSSR count). The van der Waals surface area contributed by atoms with Gasteiger partial charge in [0, 0.05) is 20.1 Å². The topological polar surface area (TPSA) is 47.3 Å². The predicted octanol–water partition coefficient (Wildman–Crippen LogP) is 2.40. The maximum atomic E-state index is 12.5. The van der Waals surface area contributed by atoms with Gasteiger partial charge in [-0.1, -0.05) is 12.1 Å². The number of piperidine rings is 1. The minimum absolute atomic E-state index is 0.153. The van der Waals surface area contributed by atoms with Gasteiger partial charge in [0.05, 0.1) is 11.3 Å². The lowest BCUT2D eigenvalue weighted by molar-refractivity contribution is -0.133. The normalized spacial score (nSPS) is 16.4. The van der Waals surface area contributed by atoms with Crippen LogP contribution in [0.4, 0.5) is 5.69 Å². The molecule has 1 aromatic carbocycles. The number of hydrogen-bond donors (Lipinski definition) is 0. The zero-order valence-electron chi connectivity index (χ0n) is 12.2. The summed E-state index contributed by atoms with van der Waals surface area (Å²) in [6, 6.07) is 9.34. The zero-order valence-corrected chi connectivity index (χ0v) is 12.2. The van der Waals surface area contributed by atoms with Crippen LogP contribution in [0.2, 0.25) is 0 Å². The highest BCUT2D eigenvalue weighted by Gasteiger charge is 2.26. The Hall–Kier alpha value is -2.02. The summed E-state index contributed by atoms with van der Waals surface area (Å²) in [5.74, 6) is 0.153. The average Bonchev–Trinajstić information content (AvgIpc) is 2.53. The second-order valence-electron chi connectivity index (χ2n) is 5.30. The molecular weight excluding hydrogens is 250 g/mol. The van der Waals surface area contributed by atoms with E-state index in [2.05, 4.69) is 6.07 Å². The van der Waals surface area contributed by atoms with Gasteiger partial charge in [-0.2, -0.15) is 5.26 Å². The van der Waals surface area contributed by atoms with E-state index in [1.165, 1.54) is 6.42 Å². The lowest BCUT2D eigenvalue weighted by Gasteiger charge is -2.34. The van der Waals surface area contributed by atoms with Gasteiger partial charge in [0.2, 0.25) is 5.91 Å². The van der Waals surface area contributed by atoms with Crippen LogP contribution >= 0.6 is 0 Å². The SMILES string of the molecule is CC(C(=O)N1CCCCC1)N(C)c1ccccc1C#N. The van der Waals surface area contributed by atoms with Crippen LogP contribution in [0.5, 0.6) is 0 Å². The minimum atomic E-state index is -0.248. The van der Waals surface area contributed by atoms with Crippen molar-refractivity contribution in [3.63, 3.8) is 0 Å². The van der Waals surface area contributed by atoms with Crippen LogP contribution in [0.15, 0.2) is 24.3 Å². The van der Waals surface area contributed by atoms with Crippen LogP contribution in [0.3, 0.4) is 0 Å². The monoisotopic (exact) mass is 271 g/mol. The molecule has 0 aliphatic carbocycles. The Morgan fingerprint density at radius 3 is 2.60 bits per heavy atom. The van der Waals surface area contributed by atoms with Gasteiger partial charge in [-0.05, 0) is 38.3 Å². The molecule has 0 N–H and O–H groups in total. The van der Waals surface area contributed by atoms with Crippen molar-refractivity contribution in [2.24, 2.45) is 0 Å². The number of carbonyl (C=O) groups excluding carboxylic acids is 1. The molecule has 106 valence electrons. The fourth-order valence-corrected chi connectivity index (χ4v) is 2.63. The van der Waals surface area contributed by atoms with E-state index in [-0.39, 0.29) is 11.9 Å². The van der Waals surface area contributed by atoms with Crippen molar-refractivity contribution in [2.45, 2.75) is 32.2 Å². The fourth-order valence-electron chi connectivity index (χ4n) is 2.63. The number of anilines is 1. The van der Waals surface area contributed by atoms with E-state index in [4.69, 9.17) is 5.26 Å². The van der Waals surface area contributed by atoms with Gasteiger partial charge in [-0.15, -0.1) is 0 Å². The quantitative estimate of drug-likeness (QED) is 0.848. The van der Waals surface area contributed by atoms with Gasteiger partial charge in [-0.25, -0.2) is 0 Å². The number of likely N-dealkylation sites (tertiary alicyclic amines) is 1. The van der Waals surface area contributed by atoms with E-state index in [1.54, 1.807) is 6.07 Å². The molecule has 1 unspecified atom stereocenters. The molecule has 1 aliphatic rings. The maximum absolute atomic E-state index is 12.5. The Morgan fingerprint density at radius 1 is 1.30 bits per heavy atom.